The number of hydrogen-bond acceptors (Lipinski definition) is 8. The molecule has 2 saturated heterocycles. The van der Waals surface area contributed by atoms with Crippen LogP contribution >= 0.6 is 0 Å². The van der Waals surface area contributed by atoms with Crippen LogP contribution in [0.25, 0.3) is 0 Å². The number of hydrogen-bond donors (Lipinski definition) is 1. The summed E-state index contributed by atoms with van der Waals surface area (Å²) in [7, 11) is 0. The highest BCUT2D eigenvalue weighted by Crippen LogP contribution is 2.33. The fraction of sp³-hybridized carbons (Fsp3) is 0.444. The third-order valence-electron chi connectivity index (χ3n) is 5.11. The van der Waals surface area contributed by atoms with Gasteiger partial charge in [0.05, 0.1) is 12.6 Å². The minimum absolute atomic E-state index is 0.0159. The molecule has 2 fully saturated rings. The first-order chi connectivity index (χ1) is 13.6. The summed E-state index contributed by atoms with van der Waals surface area (Å²) < 4.78 is 0. The summed E-state index contributed by atoms with van der Waals surface area (Å²) in [5.41, 5.74) is 6.34. The van der Waals surface area contributed by atoms with Crippen molar-refractivity contribution < 1.29 is 14.4 Å². The Labute approximate surface area is 161 Å². The normalized spacial score (nSPS) is 20.4. The molecule has 0 bridgehead atoms. The number of nitrogens with zero attached hydrogens (tertiary/aromatic N) is 6. The van der Waals surface area contributed by atoms with E-state index in [-0.39, 0.29) is 23.6 Å². The van der Waals surface area contributed by atoms with Gasteiger partial charge in [0.1, 0.15) is 12.0 Å². The molecule has 2 N–H and O–H groups in total. The molecule has 0 aliphatic carbocycles. The lowest BCUT2D eigenvalue weighted by Crippen LogP contribution is -2.42. The first-order valence-electron chi connectivity index (χ1n) is 9.22. The number of piperidine rings is 1. The quantitative estimate of drug-likeness (QED) is 0.808. The molecule has 2 aliphatic heterocycles. The predicted octanol–water partition coefficient (Wildman–Crippen LogP) is 0.487. The van der Waals surface area contributed by atoms with Crippen molar-refractivity contribution in [2.24, 2.45) is 11.7 Å². The SMILES string of the molecule is NC(=O)c1ccnc(N2CCC(C(=O)N3OCC[C@H]3c3cncnc3)CC2)n1. The molecule has 0 unspecified atom stereocenters. The first-order valence-corrected chi connectivity index (χ1v) is 9.22. The van der Waals surface area contributed by atoms with Crippen LogP contribution in [0, 0.1) is 5.92 Å². The van der Waals surface area contributed by atoms with E-state index in [1.165, 1.54) is 23.7 Å². The van der Waals surface area contributed by atoms with E-state index in [4.69, 9.17) is 10.6 Å². The number of rotatable bonds is 4. The van der Waals surface area contributed by atoms with E-state index in [2.05, 4.69) is 19.9 Å². The summed E-state index contributed by atoms with van der Waals surface area (Å²) >= 11 is 0. The number of amides is 2. The second-order valence-electron chi connectivity index (χ2n) is 6.84. The smallest absolute Gasteiger partial charge is 0.267 e. The summed E-state index contributed by atoms with van der Waals surface area (Å²) in [6.07, 6.45) is 8.46. The lowest BCUT2D eigenvalue weighted by atomic mass is 9.95. The first kappa shape index (κ1) is 18.2. The van der Waals surface area contributed by atoms with Crippen molar-refractivity contribution in [3.63, 3.8) is 0 Å². The summed E-state index contributed by atoms with van der Waals surface area (Å²) in [6, 6.07) is 1.34. The number of nitrogens with two attached hydrogens (primary N) is 1. The molecule has 4 heterocycles. The van der Waals surface area contributed by atoms with Gasteiger partial charge in [0.25, 0.3) is 5.91 Å². The number of aromatic nitrogens is 4. The van der Waals surface area contributed by atoms with Gasteiger partial charge in [-0.15, -0.1) is 0 Å². The van der Waals surface area contributed by atoms with Crippen LogP contribution in [0.2, 0.25) is 0 Å². The predicted molar refractivity (Wildman–Crippen MR) is 97.7 cm³/mol. The van der Waals surface area contributed by atoms with E-state index < -0.39 is 5.91 Å². The monoisotopic (exact) mass is 383 g/mol. The second kappa shape index (κ2) is 7.85. The van der Waals surface area contributed by atoms with Crippen LogP contribution in [-0.2, 0) is 9.63 Å². The largest absolute Gasteiger partial charge is 0.364 e. The molecule has 1 atom stereocenters. The molecule has 2 aromatic rings. The molecule has 10 nitrogen and oxygen atoms in total. The summed E-state index contributed by atoms with van der Waals surface area (Å²) in [5.74, 6) is -0.284. The van der Waals surface area contributed by atoms with Crippen LogP contribution in [0.4, 0.5) is 5.95 Å². The van der Waals surface area contributed by atoms with Crippen LogP contribution in [0.3, 0.4) is 0 Å². The van der Waals surface area contributed by atoms with E-state index in [9.17, 15) is 9.59 Å². The minimum Gasteiger partial charge on any atom is -0.364 e. The fourth-order valence-corrected chi connectivity index (χ4v) is 3.62. The van der Waals surface area contributed by atoms with Crippen LogP contribution < -0.4 is 10.6 Å². The van der Waals surface area contributed by atoms with Crippen LogP contribution in [0.1, 0.15) is 41.4 Å². The molecule has 0 radical (unpaired) electrons. The Morgan fingerprint density at radius 1 is 1.14 bits per heavy atom. The lowest BCUT2D eigenvalue weighted by Gasteiger charge is -2.34. The van der Waals surface area contributed by atoms with Crippen LogP contribution in [0.5, 0.6) is 0 Å². The topological polar surface area (TPSA) is 127 Å². The summed E-state index contributed by atoms with van der Waals surface area (Å²) in [6.45, 7) is 1.73. The third kappa shape index (κ3) is 3.63. The Morgan fingerprint density at radius 3 is 2.61 bits per heavy atom. The average Bonchev–Trinajstić information content (AvgIpc) is 3.24. The highest BCUT2D eigenvalue weighted by molar-refractivity contribution is 5.90. The van der Waals surface area contributed by atoms with Crippen molar-refractivity contribution in [1.82, 2.24) is 25.0 Å². The number of carbonyl (C=O) groups excluding carboxylic acids is 2. The molecule has 2 aliphatic rings. The van der Waals surface area contributed by atoms with E-state index in [0.717, 1.165) is 12.0 Å². The maximum absolute atomic E-state index is 13.0. The Bertz CT molecular complexity index is 855. The molecular weight excluding hydrogens is 362 g/mol. The van der Waals surface area contributed by atoms with Gasteiger partial charge in [0.2, 0.25) is 11.9 Å². The second-order valence-corrected chi connectivity index (χ2v) is 6.84. The van der Waals surface area contributed by atoms with Crippen LogP contribution in [-0.4, -0.2) is 56.5 Å². The van der Waals surface area contributed by atoms with Gasteiger partial charge >= 0.3 is 0 Å². The molecule has 0 aromatic carbocycles. The van der Waals surface area contributed by atoms with Crippen molar-refractivity contribution in [2.45, 2.75) is 25.3 Å². The Kier molecular flexibility index (Phi) is 5.11. The van der Waals surface area contributed by atoms with Crippen LogP contribution in [0.15, 0.2) is 31.0 Å². The van der Waals surface area contributed by atoms with E-state index in [1.54, 1.807) is 12.4 Å². The number of anilines is 1. The van der Waals surface area contributed by atoms with Gasteiger partial charge in [-0.05, 0) is 18.9 Å². The maximum Gasteiger partial charge on any atom is 0.267 e. The van der Waals surface area contributed by atoms with Gasteiger partial charge < -0.3 is 10.6 Å². The molecule has 0 spiro atoms. The lowest BCUT2D eigenvalue weighted by molar-refractivity contribution is -0.182. The average molecular weight is 383 g/mol. The molecular formula is C18H21N7O3. The van der Waals surface area contributed by atoms with Crippen molar-refractivity contribution in [1.29, 1.82) is 0 Å². The van der Waals surface area contributed by atoms with Crippen molar-refractivity contribution in [2.75, 3.05) is 24.6 Å². The zero-order chi connectivity index (χ0) is 19.5. The van der Waals surface area contributed by atoms with E-state index in [0.29, 0.717) is 38.5 Å². The molecule has 2 aromatic heterocycles. The van der Waals surface area contributed by atoms with Gasteiger partial charge in [-0.2, -0.15) is 0 Å². The molecule has 28 heavy (non-hydrogen) atoms. The summed E-state index contributed by atoms with van der Waals surface area (Å²) in [4.78, 5) is 48.4. The van der Waals surface area contributed by atoms with Crippen molar-refractivity contribution >= 4 is 17.8 Å². The molecule has 146 valence electrons. The van der Waals surface area contributed by atoms with Gasteiger partial charge in [0.15, 0.2) is 0 Å². The number of hydroxylamine groups is 2. The fourth-order valence-electron chi connectivity index (χ4n) is 3.62. The van der Waals surface area contributed by atoms with Gasteiger partial charge in [-0.3, -0.25) is 14.4 Å². The zero-order valence-corrected chi connectivity index (χ0v) is 15.3. The molecule has 4 rings (SSSR count). The zero-order valence-electron chi connectivity index (χ0n) is 15.3. The Morgan fingerprint density at radius 2 is 1.89 bits per heavy atom. The molecule has 0 saturated carbocycles. The minimum atomic E-state index is -0.587. The third-order valence-corrected chi connectivity index (χ3v) is 5.11. The van der Waals surface area contributed by atoms with Gasteiger partial charge in [-0.1, -0.05) is 0 Å². The number of primary amides is 1. The van der Waals surface area contributed by atoms with Gasteiger partial charge in [0, 0.05) is 49.6 Å². The Hall–Kier alpha value is -3.14. The molecule has 2 amide bonds. The Balaban J connectivity index is 1.40. The highest BCUT2D eigenvalue weighted by Gasteiger charge is 2.37. The summed E-state index contributed by atoms with van der Waals surface area (Å²) in [5, 5.41) is 1.49. The van der Waals surface area contributed by atoms with Crippen molar-refractivity contribution in [3.05, 3.63) is 42.2 Å². The number of carbonyl (C=O) groups is 2. The molecule has 10 heteroatoms. The highest BCUT2D eigenvalue weighted by atomic mass is 16.7. The van der Waals surface area contributed by atoms with E-state index in [1.807, 2.05) is 4.90 Å². The maximum atomic E-state index is 13.0. The van der Waals surface area contributed by atoms with Crippen molar-refractivity contribution in [3.8, 4) is 0 Å². The van der Waals surface area contributed by atoms with E-state index >= 15 is 0 Å². The standard InChI is InChI=1S/C18H21N7O3/c19-16(26)14-1-5-22-18(23-14)24-6-2-12(3-7-24)17(27)25-15(4-8-28-25)13-9-20-11-21-10-13/h1,5,9-12,15H,2-4,6-8H2,(H2,19,26)/t15-/m0/s1. The van der Waals surface area contributed by atoms with Gasteiger partial charge in [-0.25, -0.2) is 25.0 Å².